The van der Waals surface area contributed by atoms with Gasteiger partial charge in [-0.1, -0.05) is 6.07 Å². The topological polar surface area (TPSA) is 78.5 Å². The fraction of sp³-hybridized carbons (Fsp3) is 0.143. The van der Waals surface area contributed by atoms with E-state index in [-0.39, 0.29) is 11.5 Å². The first-order valence-corrected chi connectivity index (χ1v) is 3.18. The summed E-state index contributed by atoms with van der Waals surface area (Å²) in [6.07, 6.45) is 0. The second-order valence-corrected chi connectivity index (χ2v) is 2.19. The number of hydrazine groups is 1. The molecule has 0 unspecified atom stereocenters. The van der Waals surface area contributed by atoms with Crippen molar-refractivity contribution in [1.29, 1.82) is 0 Å². The van der Waals surface area contributed by atoms with Crippen LogP contribution in [0.2, 0.25) is 0 Å². The van der Waals surface area contributed by atoms with Gasteiger partial charge < -0.3 is 10.2 Å². The molecule has 0 atom stereocenters. The molecule has 0 saturated carbocycles. The third kappa shape index (κ3) is 1.83. The van der Waals surface area contributed by atoms with Crippen molar-refractivity contribution in [3.63, 3.8) is 0 Å². The molecular weight excluding hydrogens is 144 g/mol. The maximum Gasteiger partial charge on any atom is 0.123 e. The number of rotatable bonds is 2. The first-order valence-electron chi connectivity index (χ1n) is 3.18. The SMILES string of the molecule is NNCc1ccc(O)cc1O. The lowest BCUT2D eigenvalue weighted by atomic mass is 10.2. The normalized spacial score (nSPS) is 9.91. The Morgan fingerprint density at radius 2 is 2.09 bits per heavy atom. The molecule has 1 aromatic rings. The zero-order valence-electron chi connectivity index (χ0n) is 5.91. The zero-order chi connectivity index (χ0) is 8.27. The molecule has 4 nitrogen and oxygen atoms in total. The first kappa shape index (κ1) is 7.84. The van der Waals surface area contributed by atoms with Crippen molar-refractivity contribution >= 4 is 0 Å². The number of phenols is 2. The summed E-state index contributed by atoms with van der Waals surface area (Å²) < 4.78 is 0. The van der Waals surface area contributed by atoms with Crippen LogP contribution >= 0.6 is 0 Å². The molecule has 1 rings (SSSR count). The van der Waals surface area contributed by atoms with Crippen LogP contribution in [0.3, 0.4) is 0 Å². The largest absolute Gasteiger partial charge is 0.508 e. The Morgan fingerprint density at radius 3 is 2.64 bits per heavy atom. The third-order valence-corrected chi connectivity index (χ3v) is 1.36. The lowest BCUT2D eigenvalue weighted by Gasteiger charge is -2.02. The molecule has 0 fully saturated rings. The number of nitrogens with two attached hydrogens (primary N) is 1. The molecule has 11 heavy (non-hydrogen) atoms. The van der Waals surface area contributed by atoms with Crippen molar-refractivity contribution in [3.05, 3.63) is 23.8 Å². The van der Waals surface area contributed by atoms with Gasteiger partial charge in [0.1, 0.15) is 11.5 Å². The highest BCUT2D eigenvalue weighted by atomic mass is 16.3. The molecule has 5 N–H and O–H groups in total. The van der Waals surface area contributed by atoms with Crippen molar-refractivity contribution < 1.29 is 10.2 Å². The maximum absolute atomic E-state index is 9.17. The number of phenolic OH excluding ortho intramolecular Hbond substituents is 2. The van der Waals surface area contributed by atoms with E-state index < -0.39 is 0 Å². The smallest absolute Gasteiger partial charge is 0.123 e. The fourth-order valence-electron chi connectivity index (χ4n) is 0.812. The van der Waals surface area contributed by atoms with Crippen molar-refractivity contribution in [2.75, 3.05) is 0 Å². The van der Waals surface area contributed by atoms with Crippen LogP contribution in [0.15, 0.2) is 18.2 Å². The Morgan fingerprint density at radius 1 is 1.36 bits per heavy atom. The summed E-state index contributed by atoms with van der Waals surface area (Å²) in [7, 11) is 0. The van der Waals surface area contributed by atoms with E-state index in [4.69, 9.17) is 16.1 Å². The Labute approximate surface area is 64.2 Å². The van der Waals surface area contributed by atoms with Gasteiger partial charge >= 0.3 is 0 Å². The van der Waals surface area contributed by atoms with Gasteiger partial charge in [0.15, 0.2) is 0 Å². The number of benzene rings is 1. The van der Waals surface area contributed by atoms with Gasteiger partial charge in [0.25, 0.3) is 0 Å². The molecule has 1 aromatic carbocycles. The molecule has 0 aliphatic heterocycles. The van der Waals surface area contributed by atoms with Crippen LogP contribution in [0, 0.1) is 0 Å². The van der Waals surface area contributed by atoms with Crippen LogP contribution < -0.4 is 11.3 Å². The van der Waals surface area contributed by atoms with Gasteiger partial charge in [0, 0.05) is 18.2 Å². The number of aromatic hydroxyl groups is 2. The molecule has 0 heterocycles. The summed E-state index contributed by atoms with van der Waals surface area (Å²) in [5, 5.41) is 18.1. The second kappa shape index (κ2) is 3.23. The van der Waals surface area contributed by atoms with E-state index in [9.17, 15) is 0 Å². The first-order chi connectivity index (χ1) is 5.24. The molecule has 4 heteroatoms. The van der Waals surface area contributed by atoms with Gasteiger partial charge in [-0.2, -0.15) is 0 Å². The number of nitrogens with one attached hydrogen (secondary N) is 1. The van der Waals surface area contributed by atoms with E-state index in [2.05, 4.69) is 5.43 Å². The average Bonchev–Trinajstić information content (AvgIpc) is 1.95. The highest BCUT2D eigenvalue weighted by Gasteiger charge is 1.99. The highest BCUT2D eigenvalue weighted by molar-refractivity contribution is 5.38. The molecule has 0 aliphatic rings. The van der Waals surface area contributed by atoms with Crippen molar-refractivity contribution in [2.45, 2.75) is 6.54 Å². The Balaban J connectivity index is 2.90. The predicted octanol–water partition coefficient (Wildman–Crippen LogP) is 0.0611. The zero-order valence-corrected chi connectivity index (χ0v) is 5.91. The van der Waals surface area contributed by atoms with Gasteiger partial charge in [-0.05, 0) is 6.07 Å². The highest BCUT2D eigenvalue weighted by Crippen LogP contribution is 2.21. The quantitative estimate of drug-likeness (QED) is 0.359. The van der Waals surface area contributed by atoms with Gasteiger partial charge in [-0.25, -0.2) is 0 Å². The number of hydrogen-bond acceptors (Lipinski definition) is 4. The summed E-state index contributed by atoms with van der Waals surface area (Å²) in [6.45, 7) is 0.381. The summed E-state index contributed by atoms with van der Waals surface area (Å²) in [5.41, 5.74) is 3.06. The monoisotopic (exact) mass is 154 g/mol. The van der Waals surface area contributed by atoms with Crippen LogP contribution in [0.25, 0.3) is 0 Å². The van der Waals surface area contributed by atoms with Crippen LogP contribution in [0.1, 0.15) is 5.56 Å². The van der Waals surface area contributed by atoms with E-state index in [0.29, 0.717) is 12.1 Å². The minimum absolute atomic E-state index is 0.0444. The van der Waals surface area contributed by atoms with Crippen molar-refractivity contribution in [1.82, 2.24) is 5.43 Å². The minimum atomic E-state index is 0.0444. The van der Waals surface area contributed by atoms with Crippen molar-refractivity contribution in [2.24, 2.45) is 5.84 Å². The fourth-order valence-corrected chi connectivity index (χ4v) is 0.812. The summed E-state index contributed by atoms with van der Waals surface area (Å²) >= 11 is 0. The van der Waals surface area contributed by atoms with Crippen LogP contribution in [-0.2, 0) is 6.54 Å². The van der Waals surface area contributed by atoms with Gasteiger partial charge in [0.05, 0.1) is 0 Å². The minimum Gasteiger partial charge on any atom is -0.508 e. The van der Waals surface area contributed by atoms with Crippen LogP contribution in [0.4, 0.5) is 0 Å². The van der Waals surface area contributed by atoms with Crippen molar-refractivity contribution in [3.8, 4) is 11.5 Å². The molecule has 0 aromatic heterocycles. The molecule has 0 radical (unpaired) electrons. The Kier molecular flexibility index (Phi) is 2.30. The van der Waals surface area contributed by atoms with Gasteiger partial charge in [-0.3, -0.25) is 11.3 Å². The Hall–Kier alpha value is -1.26. The van der Waals surface area contributed by atoms with E-state index >= 15 is 0 Å². The van der Waals surface area contributed by atoms with E-state index in [1.165, 1.54) is 12.1 Å². The molecular formula is C7H10N2O2. The molecule has 0 spiro atoms. The molecule has 0 aliphatic carbocycles. The third-order valence-electron chi connectivity index (χ3n) is 1.36. The summed E-state index contributed by atoms with van der Waals surface area (Å²) in [4.78, 5) is 0. The standard InChI is InChI=1S/C7H10N2O2/c8-9-4-5-1-2-6(10)3-7(5)11/h1-3,9-11H,4,8H2. The molecule has 0 amide bonds. The predicted molar refractivity (Wildman–Crippen MR) is 40.8 cm³/mol. The van der Waals surface area contributed by atoms with Crippen LogP contribution in [-0.4, -0.2) is 10.2 Å². The van der Waals surface area contributed by atoms with E-state index in [0.717, 1.165) is 0 Å². The van der Waals surface area contributed by atoms with Gasteiger partial charge in [0.2, 0.25) is 0 Å². The van der Waals surface area contributed by atoms with E-state index in [1.807, 2.05) is 0 Å². The summed E-state index contributed by atoms with van der Waals surface area (Å²) in [5.74, 6) is 5.13. The van der Waals surface area contributed by atoms with Crippen LogP contribution in [0.5, 0.6) is 11.5 Å². The van der Waals surface area contributed by atoms with Gasteiger partial charge in [-0.15, -0.1) is 0 Å². The molecule has 60 valence electrons. The lowest BCUT2D eigenvalue weighted by Crippen LogP contribution is -2.20. The summed E-state index contributed by atoms with van der Waals surface area (Å²) in [6, 6.07) is 4.36. The Bertz CT molecular complexity index is 250. The second-order valence-electron chi connectivity index (χ2n) is 2.19. The lowest BCUT2D eigenvalue weighted by molar-refractivity contribution is 0.444. The molecule has 0 saturated heterocycles. The average molecular weight is 154 g/mol. The number of hydrogen-bond donors (Lipinski definition) is 4. The molecule has 0 bridgehead atoms. The maximum atomic E-state index is 9.17. The van der Waals surface area contributed by atoms with E-state index in [1.54, 1.807) is 6.07 Å².